The van der Waals surface area contributed by atoms with Gasteiger partial charge in [0.25, 0.3) is 0 Å². The van der Waals surface area contributed by atoms with E-state index in [9.17, 15) is 0 Å². The average molecular weight is 227 g/mol. The van der Waals surface area contributed by atoms with E-state index in [1.54, 1.807) is 11.3 Å². The molecular weight excluding hydrogens is 214 g/mol. The molecule has 0 saturated heterocycles. The van der Waals surface area contributed by atoms with Gasteiger partial charge in [0.15, 0.2) is 0 Å². The Balaban J connectivity index is 1.87. The van der Waals surface area contributed by atoms with Crippen molar-refractivity contribution in [1.82, 2.24) is 0 Å². The highest BCUT2D eigenvalue weighted by atomic mass is 32.1. The smallest absolute Gasteiger partial charge is 0.0756 e. The van der Waals surface area contributed by atoms with E-state index in [0.29, 0.717) is 6.04 Å². The van der Waals surface area contributed by atoms with E-state index in [1.807, 2.05) is 0 Å². The van der Waals surface area contributed by atoms with Crippen LogP contribution in [0, 0.1) is 0 Å². The van der Waals surface area contributed by atoms with Gasteiger partial charge in [-0.2, -0.15) is 0 Å². The van der Waals surface area contributed by atoms with E-state index >= 15 is 0 Å². The van der Waals surface area contributed by atoms with Crippen LogP contribution in [-0.4, -0.2) is 5.71 Å². The van der Waals surface area contributed by atoms with Crippen LogP contribution in [0.4, 0.5) is 0 Å². The maximum atomic E-state index is 4.83. The zero-order chi connectivity index (χ0) is 10.8. The predicted octanol–water partition coefficient (Wildman–Crippen LogP) is 4.07. The maximum absolute atomic E-state index is 4.83. The molecule has 1 aliphatic heterocycles. The Labute approximate surface area is 99.5 Å². The van der Waals surface area contributed by atoms with Crippen LogP contribution in [0.3, 0.4) is 0 Å². The number of hydrogen-bond donors (Lipinski definition) is 0. The summed E-state index contributed by atoms with van der Waals surface area (Å²) in [5.41, 5.74) is 2.62. The Hall–Kier alpha value is -1.41. The summed E-state index contributed by atoms with van der Waals surface area (Å²) >= 11 is 1.79. The summed E-state index contributed by atoms with van der Waals surface area (Å²) in [6.45, 7) is 0. The normalized spacial score (nSPS) is 19.8. The number of thiophene rings is 1. The Kier molecular flexibility index (Phi) is 2.58. The summed E-state index contributed by atoms with van der Waals surface area (Å²) in [6.07, 6.45) is 2.26. The molecule has 0 radical (unpaired) electrons. The summed E-state index contributed by atoms with van der Waals surface area (Å²) < 4.78 is 0. The van der Waals surface area contributed by atoms with Crippen molar-refractivity contribution in [3.63, 3.8) is 0 Å². The first kappa shape index (κ1) is 9.79. The van der Waals surface area contributed by atoms with Crippen molar-refractivity contribution < 1.29 is 0 Å². The van der Waals surface area contributed by atoms with E-state index in [4.69, 9.17) is 4.99 Å². The van der Waals surface area contributed by atoms with Crippen LogP contribution >= 0.6 is 11.3 Å². The largest absolute Gasteiger partial charge is 0.280 e. The quantitative estimate of drug-likeness (QED) is 0.733. The monoisotopic (exact) mass is 227 g/mol. The Morgan fingerprint density at radius 2 is 1.94 bits per heavy atom. The summed E-state index contributed by atoms with van der Waals surface area (Å²) in [6, 6.07) is 15.2. The van der Waals surface area contributed by atoms with Crippen LogP contribution in [-0.2, 0) is 0 Å². The minimum atomic E-state index is 0.373. The molecule has 0 bridgehead atoms. The van der Waals surface area contributed by atoms with Crippen LogP contribution in [0.5, 0.6) is 0 Å². The third kappa shape index (κ3) is 1.81. The highest BCUT2D eigenvalue weighted by Crippen LogP contribution is 2.31. The van der Waals surface area contributed by atoms with E-state index in [2.05, 4.69) is 47.8 Å². The SMILES string of the molecule is c1ccc(C2CCC(c3cccs3)=N2)cc1. The van der Waals surface area contributed by atoms with Crippen LogP contribution in [0.2, 0.25) is 0 Å². The predicted molar refractivity (Wildman–Crippen MR) is 69.3 cm³/mol. The molecule has 1 aromatic heterocycles. The van der Waals surface area contributed by atoms with Gasteiger partial charge in [0, 0.05) is 4.88 Å². The highest BCUT2D eigenvalue weighted by Gasteiger charge is 2.20. The molecule has 2 heterocycles. The van der Waals surface area contributed by atoms with E-state index in [1.165, 1.54) is 16.2 Å². The second-order valence-corrected chi connectivity index (χ2v) is 4.97. The molecule has 0 spiro atoms. The highest BCUT2D eigenvalue weighted by molar-refractivity contribution is 7.12. The molecule has 0 saturated carbocycles. The lowest BCUT2D eigenvalue weighted by Crippen LogP contribution is -1.90. The van der Waals surface area contributed by atoms with Gasteiger partial charge in [-0.1, -0.05) is 36.4 Å². The molecule has 2 aromatic rings. The van der Waals surface area contributed by atoms with Gasteiger partial charge in [-0.05, 0) is 29.9 Å². The third-order valence-electron chi connectivity index (χ3n) is 2.96. The fraction of sp³-hybridized carbons (Fsp3) is 0.214. The van der Waals surface area contributed by atoms with E-state index in [0.717, 1.165) is 12.8 Å². The zero-order valence-corrected chi connectivity index (χ0v) is 9.78. The minimum Gasteiger partial charge on any atom is -0.280 e. The number of hydrogen-bond acceptors (Lipinski definition) is 2. The molecule has 16 heavy (non-hydrogen) atoms. The lowest BCUT2D eigenvalue weighted by atomic mass is 10.0. The fourth-order valence-corrected chi connectivity index (χ4v) is 2.89. The first-order chi connectivity index (χ1) is 7.93. The average Bonchev–Trinajstić information content (AvgIpc) is 3.01. The lowest BCUT2D eigenvalue weighted by molar-refractivity contribution is 0.723. The van der Waals surface area contributed by atoms with Crippen molar-refractivity contribution in [3.05, 3.63) is 58.3 Å². The third-order valence-corrected chi connectivity index (χ3v) is 3.88. The second-order valence-electron chi connectivity index (χ2n) is 4.02. The Morgan fingerprint density at radius 3 is 2.69 bits per heavy atom. The van der Waals surface area contributed by atoms with Crippen LogP contribution < -0.4 is 0 Å². The van der Waals surface area contributed by atoms with Gasteiger partial charge in [-0.3, -0.25) is 4.99 Å². The molecule has 0 aliphatic carbocycles. The molecule has 0 amide bonds. The number of aliphatic imine (C=N–C) groups is 1. The molecule has 1 aromatic carbocycles. The van der Waals surface area contributed by atoms with Crippen LogP contribution in [0.15, 0.2) is 52.8 Å². The van der Waals surface area contributed by atoms with E-state index < -0.39 is 0 Å². The molecular formula is C14H13NS. The first-order valence-electron chi connectivity index (χ1n) is 5.59. The Bertz CT molecular complexity index is 485. The molecule has 3 rings (SSSR count). The maximum Gasteiger partial charge on any atom is 0.0756 e. The van der Waals surface area contributed by atoms with Crippen molar-refractivity contribution >= 4 is 17.0 Å². The molecule has 2 heteroatoms. The van der Waals surface area contributed by atoms with Crippen LogP contribution in [0.25, 0.3) is 0 Å². The van der Waals surface area contributed by atoms with Gasteiger partial charge in [0.05, 0.1) is 11.8 Å². The number of rotatable bonds is 2. The second kappa shape index (κ2) is 4.22. The van der Waals surface area contributed by atoms with Gasteiger partial charge in [-0.25, -0.2) is 0 Å². The Morgan fingerprint density at radius 1 is 1.06 bits per heavy atom. The summed E-state index contributed by atoms with van der Waals surface area (Å²) in [7, 11) is 0. The topological polar surface area (TPSA) is 12.4 Å². The van der Waals surface area contributed by atoms with Gasteiger partial charge >= 0.3 is 0 Å². The van der Waals surface area contributed by atoms with Gasteiger partial charge < -0.3 is 0 Å². The van der Waals surface area contributed by atoms with Gasteiger partial charge in [0.2, 0.25) is 0 Å². The molecule has 0 fully saturated rings. The zero-order valence-electron chi connectivity index (χ0n) is 8.97. The lowest BCUT2D eigenvalue weighted by Gasteiger charge is -2.05. The molecule has 80 valence electrons. The molecule has 1 atom stereocenters. The van der Waals surface area contributed by atoms with Gasteiger partial charge in [-0.15, -0.1) is 11.3 Å². The van der Waals surface area contributed by atoms with Gasteiger partial charge in [0.1, 0.15) is 0 Å². The first-order valence-corrected chi connectivity index (χ1v) is 6.47. The van der Waals surface area contributed by atoms with Crippen molar-refractivity contribution in [1.29, 1.82) is 0 Å². The minimum absolute atomic E-state index is 0.373. The van der Waals surface area contributed by atoms with Crippen LogP contribution in [0.1, 0.15) is 29.3 Å². The van der Waals surface area contributed by atoms with Crippen molar-refractivity contribution in [2.24, 2.45) is 4.99 Å². The van der Waals surface area contributed by atoms with E-state index in [-0.39, 0.29) is 0 Å². The molecule has 1 nitrogen and oxygen atoms in total. The summed E-state index contributed by atoms with van der Waals surface area (Å²) in [5.74, 6) is 0. The summed E-state index contributed by atoms with van der Waals surface area (Å²) in [4.78, 5) is 6.16. The number of nitrogens with zero attached hydrogens (tertiary/aromatic N) is 1. The standard InChI is InChI=1S/C14H13NS/c1-2-5-11(6-3-1)12-8-9-13(15-12)14-7-4-10-16-14/h1-7,10,12H,8-9H2. The van der Waals surface area contributed by atoms with Crippen molar-refractivity contribution in [2.75, 3.05) is 0 Å². The van der Waals surface area contributed by atoms with Crippen molar-refractivity contribution in [3.8, 4) is 0 Å². The molecule has 0 N–H and O–H groups in total. The molecule has 1 aliphatic rings. The summed E-state index contributed by atoms with van der Waals surface area (Å²) in [5, 5.41) is 2.12. The van der Waals surface area contributed by atoms with Crippen molar-refractivity contribution in [2.45, 2.75) is 18.9 Å². The fourth-order valence-electron chi connectivity index (χ4n) is 2.14. The molecule has 1 unspecified atom stereocenters. The number of benzene rings is 1.